The van der Waals surface area contributed by atoms with Crippen molar-refractivity contribution in [3.63, 3.8) is 0 Å². The van der Waals surface area contributed by atoms with Crippen molar-refractivity contribution in [3.05, 3.63) is 76.9 Å². The monoisotopic (exact) mass is 372 g/mol. The summed E-state index contributed by atoms with van der Waals surface area (Å²) in [6.45, 7) is 2.03. The number of ether oxygens (including phenoxy) is 1. The number of hydrazone groups is 1. The molecule has 28 heavy (non-hydrogen) atoms. The van der Waals surface area contributed by atoms with Crippen LogP contribution in [0.3, 0.4) is 0 Å². The van der Waals surface area contributed by atoms with Gasteiger partial charge in [0.1, 0.15) is 5.75 Å². The van der Waals surface area contributed by atoms with Crippen LogP contribution < -0.4 is 10.2 Å². The van der Waals surface area contributed by atoms with Gasteiger partial charge >= 0.3 is 0 Å². The molecule has 0 radical (unpaired) electrons. The Morgan fingerprint density at radius 2 is 1.93 bits per heavy atom. The minimum atomic E-state index is -0.0961. The van der Waals surface area contributed by atoms with E-state index in [0.29, 0.717) is 6.42 Å². The Hall–Kier alpha value is -3.14. The van der Waals surface area contributed by atoms with Gasteiger partial charge in [-0.2, -0.15) is 5.10 Å². The van der Waals surface area contributed by atoms with Crippen molar-refractivity contribution in [2.45, 2.75) is 32.6 Å². The van der Waals surface area contributed by atoms with E-state index in [-0.39, 0.29) is 5.91 Å². The van der Waals surface area contributed by atoms with Crippen molar-refractivity contribution in [2.24, 2.45) is 5.10 Å². The number of rotatable bonds is 4. The predicted molar refractivity (Wildman–Crippen MR) is 113 cm³/mol. The first-order valence-electron chi connectivity index (χ1n) is 9.65. The number of amides is 1. The van der Waals surface area contributed by atoms with Crippen LogP contribution in [-0.4, -0.2) is 18.7 Å². The van der Waals surface area contributed by atoms with Gasteiger partial charge in [0.25, 0.3) is 0 Å². The number of fused-ring (bicyclic) bond motifs is 2. The molecule has 1 N–H and O–H groups in total. The predicted octanol–water partition coefficient (Wildman–Crippen LogP) is 4.56. The number of benzene rings is 3. The lowest BCUT2D eigenvalue weighted by molar-refractivity contribution is -0.120. The number of nitrogens with one attached hydrogen (secondary N) is 1. The van der Waals surface area contributed by atoms with Crippen LogP contribution in [0.15, 0.2) is 59.7 Å². The summed E-state index contributed by atoms with van der Waals surface area (Å²) in [5.74, 6) is 0.807. The average molecular weight is 372 g/mol. The first-order chi connectivity index (χ1) is 13.7. The zero-order valence-electron chi connectivity index (χ0n) is 16.3. The fraction of sp³-hybridized carbons (Fsp3) is 0.250. The number of nitrogens with zero attached hydrogens (tertiary/aromatic N) is 1. The zero-order chi connectivity index (χ0) is 19.5. The van der Waals surface area contributed by atoms with Crippen LogP contribution in [-0.2, 0) is 17.6 Å². The lowest BCUT2D eigenvalue weighted by Gasteiger charge is -2.20. The van der Waals surface area contributed by atoms with Gasteiger partial charge in [-0.15, -0.1) is 0 Å². The Balaban J connectivity index is 1.53. The second kappa shape index (κ2) is 7.85. The van der Waals surface area contributed by atoms with Crippen molar-refractivity contribution in [1.29, 1.82) is 0 Å². The summed E-state index contributed by atoms with van der Waals surface area (Å²) in [6.07, 6.45) is 3.21. The molecule has 0 heterocycles. The van der Waals surface area contributed by atoms with E-state index in [1.807, 2.05) is 31.2 Å². The molecule has 3 aromatic carbocycles. The molecule has 0 spiro atoms. The molecule has 0 saturated carbocycles. The van der Waals surface area contributed by atoms with Gasteiger partial charge < -0.3 is 4.74 Å². The van der Waals surface area contributed by atoms with Gasteiger partial charge in [0.15, 0.2) is 0 Å². The third-order valence-electron chi connectivity index (χ3n) is 5.34. The Morgan fingerprint density at radius 3 is 2.79 bits per heavy atom. The van der Waals surface area contributed by atoms with E-state index in [1.54, 1.807) is 7.11 Å². The first-order valence-corrected chi connectivity index (χ1v) is 9.65. The average Bonchev–Trinajstić information content (AvgIpc) is 2.72. The summed E-state index contributed by atoms with van der Waals surface area (Å²) in [5.41, 5.74) is 8.16. The Kier molecular flexibility index (Phi) is 5.11. The van der Waals surface area contributed by atoms with Gasteiger partial charge in [0.2, 0.25) is 5.91 Å². The van der Waals surface area contributed by atoms with E-state index in [1.165, 1.54) is 5.56 Å². The molecule has 0 saturated heterocycles. The van der Waals surface area contributed by atoms with Gasteiger partial charge in [-0.05, 0) is 65.8 Å². The second-order valence-electron chi connectivity index (χ2n) is 7.24. The summed E-state index contributed by atoms with van der Waals surface area (Å²) >= 11 is 0. The van der Waals surface area contributed by atoms with Crippen LogP contribution in [0.1, 0.15) is 35.1 Å². The number of hydrogen-bond donors (Lipinski definition) is 1. The Labute approximate surface area is 165 Å². The summed E-state index contributed by atoms with van der Waals surface area (Å²) < 4.78 is 5.44. The summed E-state index contributed by atoms with van der Waals surface area (Å²) in [4.78, 5) is 12.5. The third kappa shape index (κ3) is 3.63. The lowest BCUT2D eigenvalue weighted by Crippen LogP contribution is -2.23. The smallest absolute Gasteiger partial charge is 0.244 e. The molecule has 0 unspecified atom stereocenters. The van der Waals surface area contributed by atoms with Crippen molar-refractivity contribution in [1.82, 2.24) is 5.43 Å². The quantitative estimate of drug-likeness (QED) is 0.683. The molecule has 0 fully saturated rings. The fourth-order valence-electron chi connectivity index (χ4n) is 3.91. The summed E-state index contributed by atoms with van der Waals surface area (Å²) in [5, 5.41) is 6.73. The lowest BCUT2D eigenvalue weighted by atomic mass is 9.88. The molecular weight excluding hydrogens is 348 g/mol. The highest BCUT2D eigenvalue weighted by molar-refractivity contribution is 6.03. The van der Waals surface area contributed by atoms with Crippen molar-refractivity contribution >= 4 is 22.4 Å². The van der Waals surface area contributed by atoms with Crippen molar-refractivity contribution < 1.29 is 9.53 Å². The van der Waals surface area contributed by atoms with Crippen LogP contribution in [0.25, 0.3) is 10.8 Å². The van der Waals surface area contributed by atoms with Crippen molar-refractivity contribution in [2.75, 3.05) is 7.11 Å². The van der Waals surface area contributed by atoms with Gasteiger partial charge in [-0.25, -0.2) is 5.43 Å². The minimum Gasteiger partial charge on any atom is -0.496 e. The molecule has 0 bridgehead atoms. The van der Waals surface area contributed by atoms with E-state index in [4.69, 9.17) is 4.74 Å². The van der Waals surface area contributed by atoms with E-state index < -0.39 is 0 Å². The molecule has 4 rings (SSSR count). The van der Waals surface area contributed by atoms with Crippen LogP contribution in [0.4, 0.5) is 0 Å². The highest BCUT2D eigenvalue weighted by Crippen LogP contribution is 2.29. The fourth-order valence-corrected chi connectivity index (χ4v) is 3.91. The Morgan fingerprint density at radius 1 is 1.11 bits per heavy atom. The number of hydrogen-bond acceptors (Lipinski definition) is 3. The van der Waals surface area contributed by atoms with Gasteiger partial charge in [0, 0.05) is 5.56 Å². The molecule has 1 amide bonds. The molecule has 3 aromatic rings. The number of aryl methyl sites for hydroxylation is 2. The first kappa shape index (κ1) is 18.2. The van der Waals surface area contributed by atoms with E-state index in [2.05, 4.69) is 40.9 Å². The molecule has 4 heteroatoms. The highest BCUT2D eigenvalue weighted by atomic mass is 16.5. The van der Waals surface area contributed by atoms with Crippen LogP contribution in [0.5, 0.6) is 5.75 Å². The SMILES string of the molecule is COc1cc2c(cc1C)C(=NNC(=O)Cc1cccc3ccccc13)CCC2. The maximum atomic E-state index is 12.5. The van der Waals surface area contributed by atoms with E-state index in [9.17, 15) is 4.79 Å². The maximum Gasteiger partial charge on any atom is 0.244 e. The zero-order valence-corrected chi connectivity index (χ0v) is 16.3. The summed E-state index contributed by atoms with van der Waals surface area (Å²) in [7, 11) is 1.69. The normalized spacial score (nSPS) is 14.7. The van der Waals surface area contributed by atoms with Crippen LogP contribution >= 0.6 is 0 Å². The number of carbonyl (C=O) groups excluding carboxylic acids is 1. The largest absolute Gasteiger partial charge is 0.496 e. The molecule has 1 aliphatic rings. The maximum absolute atomic E-state index is 12.5. The van der Waals surface area contributed by atoms with E-state index in [0.717, 1.165) is 58.2 Å². The molecule has 1 aliphatic carbocycles. The topological polar surface area (TPSA) is 50.7 Å². The number of methoxy groups -OCH3 is 1. The van der Waals surface area contributed by atoms with Gasteiger partial charge in [-0.1, -0.05) is 42.5 Å². The third-order valence-corrected chi connectivity index (χ3v) is 5.34. The Bertz CT molecular complexity index is 1060. The molecule has 142 valence electrons. The molecular formula is C24H24N2O2. The molecule has 4 nitrogen and oxygen atoms in total. The summed E-state index contributed by atoms with van der Waals surface area (Å²) in [6, 6.07) is 18.4. The molecule has 0 aliphatic heterocycles. The van der Waals surface area contributed by atoms with E-state index >= 15 is 0 Å². The standard InChI is InChI=1S/C24H24N2O2/c1-16-13-21-18(14-23(16)28-2)10-6-12-22(21)25-26-24(27)15-19-9-5-8-17-7-3-4-11-20(17)19/h3-5,7-9,11,13-14H,6,10,12,15H2,1-2H3,(H,26,27). The molecule has 0 atom stereocenters. The van der Waals surface area contributed by atoms with Gasteiger partial charge in [-0.3, -0.25) is 4.79 Å². The number of carbonyl (C=O) groups is 1. The van der Waals surface area contributed by atoms with Crippen LogP contribution in [0.2, 0.25) is 0 Å². The minimum absolute atomic E-state index is 0.0961. The second-order valence-corrected chi connectivity index (χ2v) is 7.24. The van der Waals surface area contributed by atoms with Crippen molar-refractivity contribution in [3.8, 4) is 5.75 Å². The highest BCUT2D eigenvalue weighted by Gasteiger charge is 2.18. The van der Waals surface area contributed by atoms with Crippen LogP contribution in [0, 0.1) is 6.92 Å². The van der Waals surface area contributed by atoms with Gasteiger partial charge in [0.05, 0.1) is 19.2 Å². The molecule has 0 aromatic heterocycles.